The van der Waals surface area contributed by atoms with Crippen LogP contribution in [0, 0.1) is 5.82 Å². The van der Waals surface area contributed by atoms with Gasteiger partial charge in [-0.15, -0.1) is 0 Å². The molecule has 9 heteroatoms. The Kier molecular flexibility index (Phi) is 4.61. The molecular formula is C16H16ClFN2O4S. The van der Waals surface area contributed by atoms with Crippen molar-refractivity contribution < 1.29 is 22.0 Å². The molecule has 134 valence electrons. The molecule has 0 saturated heterocycles. The van der Waals surface area contributed by atoms with E-state index in [1.807, 2.05) is 0 Å². The first-order chi connectivity index (χ1) is 11.7. The fraction of sp³-hybridized carbons (Fsp3) is 0.312. The lowest BCUT2D eigenvalue weighted by Gasteiger charge is -2.07. The minimum absolute atomic E-state index is 0.0886. The van der Waals surface area contributed by atoms with Crippen LogP contribution in [0.2, 0.25) is 5.02 Å². The van der Waals surface area contributed by atoms with Gasteiger partial charge in [0.2, 0.25) is 5.09 Å². The largest absolute Gasteiger partial charge is 0.451 e. The maximum Gasteiger partial charge on any atom is 0.275 e. The van der Waals surface area contributed by atoms with Gasteiger partial charge in [-0.05, 0) is 18.6 Å². The lowest BCUT2D eigenvalue weighted by molar-refractivity contribution is 0.0949. The number of hydrogen-bond donors (Lipinski definition) is 1. The molecule has 1 aliphatic rings. The molecule has 1 aliphatic carbocycles. The van der Waals surface area contributed by atoms with Crippen LogP contribution in [-0.4, -0.2) is 38.8 Å². The minimum Gasteiger partial charge on any atom is -0.451 e. The Morgan fingerprint density at radius 2 is 2.12 bits per heavy atom. The summed E-state index contributed by atoms with van der Waals surface area (Å²) in [4.78, 5) is 12.2. The quantitative estimate of drug-likeness (QED) is 0.856. The fourth-order valence-corrected chi connectivity index (χ4v) is 3.65. The summed E-state index contributed by atoms with van der Waals surface area (Å²) < 4.78 is 43.8. The number of halogens is 2. The molecule has 1 fully saturated rings. The number of hydrogen-bond acceptors (Lipinski definition) is 4. The van der Waals surface area contributed by atoms with Crippen molar-refractivity contribution >= 4 is 27.5 Å². The predicted octanol–water partition coefficient (Wildman–Crippen LogP) is 2.61. The van der Waals surface area contributed by atoms with Crippen molar-refractivity contribution in [1.82, 2.24) is 9.62 Å². The van der Waals surface area contributed by atoms with Crippen LogP contribution in [0.5, 0.6) is 0 Å². The molecule has 1 aromatic carbocycles. The zero-order valence-corrected chi connectivity index (χ0v) is 15.1. The van der Waals surface area contributed by atoms with Crippen molar-refractivity contribution in [2.45, 2.75) is 23.5 Å². The van der Waals surface area contributed by atoms with Gasteiger partial charge in [0.1, 0.15) is 12.1 Å². The molecule has 1 aromatic heterocycles. The van der Waals surface area contributed by atoms with E-state index in [1.54, 1.807) is 6.07 Å². The molecule has 0 bridgehead atoms. The molecule has 0 unspecified atom stereocenters. The van der Waals surface area contributed by atoms with Gasteiger partial charge in [0.25, 0.3) is 15.9 Å². The maximum atomic E-state index is 13.9. The van der Waals surface area contributed by atoms with Gasteiger partial charge in [0, 0.05) is 42.7 Å². The van der Waals surface area contributed by atoms with Crippen molar-refractivity contribution in [2.24, 2.45) is 0 Å². The van der Waals surface area contributed by atoms with Gasteiger partial charge in [-0.3, -0.25) is 4.79 Å². The predicted molar refractivity (Wildman–Crippen MR) is 89.6 cm³/mol. The molecule has 1 heterocycles. The van der Waals surface area contributed by atoms with Crippen molar-refractivity contribution in [3.05, 3.63) is 52.5 Å². The Morgan fingerprint density at radius 3 is 2.76 bits per heavy atom. The van der Waals surface area contributed by atoms with Crippen molar-refractivity contribution in [3.8, 4) is 0 Å². The Labute approximate surface area is 149 Å². The van der Waals surface area contributed by atoms with Gasteiger partial charge in [0.05, 0.1) is 5.56 Å². The van der Waals surface area contributed by atoms with Gasteiger partial charge in [-0.1, -0.05) is 17.7 Å². The van der Waals surface area contributed by atoms with Crippen LogP contribution < -0.4 is 5.32 Å². The summed E-state index contributed by atoms with van der Waals surface area (Å²) in [5, 5.41) is 2.75. The summed E-state index contributed by atoms with van der Waals surface area (Å²) in [7, 11) is -1.02. The topological polar surface area (TPSA) is 79.6 Å². The first kappa shape index (κ1) is 17.9. The minimum atomic E-state index is -3.75. The Morgan fingerprint density at radius 1 is 1.40 bits per heavy atom. The zero-order chi connectivity index (χ0) is 18.4. The van der Waals surface area contributed by atoms with E-state index in [4.69, 9.17) is 16.0 Å². The highest BCUT2D eigenvalue weighted by molar-refractivity contribution is 7.88. The molecule has 6 nitrogen and oxygen atoms in total. The van der Waals surface area contributed by atoms with E-state index < -0.39 is 21.7 Å². The fourth-order valence-electron chi connectivity index (χ4n) is 2.54. The van der Waals surface area contributed by atoms with Crippen molar-refractivity contribution in [1.29, 1.82) is 0 Å². The molecule has 25 heavy (non-hydrogen) atoms. The second kappa shape index (κ2) is 6.44. The monoisotopic (exact) mass is 386 g/mol. The van der Waals surface area contributed by atoms with E-state index >= 15 is 0 Å². The number of carbonyl (C=O) groups is 1. The maximum absolute atomic E-state index is 13.9. The third-order valence-electron chi connectivity index (χ3n) is 4.05. The number of furan rings is 1. The van der Waals surface area contributed by atoms with E-state index in [0.717, 1.165) is 16.6 Å². The summed E-state index contributed by atoms with van der Waals surface area (Å²) in [6.07, 6.45) is 1.65. The second-order valence-corrected chi connectivity index (χ2v) is 8.49. The number of sulfonamides is 1. The van der Waals surface area contributed by atoms with Crippen LogP contribution in [0.1, 0.15) is 28.3 Å². The van der Waals surface area contributed by atoms with E-state index in [9.17, 15) is 17.6 Å². The number of amides is 1. The van der Waals surface area contributed by atoms with Gasteiger partial charge in [0.15, 0.2) is 0 Å². The standard InChI is InChI=1S/C16H16ClFN2O4S/c1-20(2)25(22,23)14-6-9(8-24-14)16(21)19-13-7-10(13)15-11(17)4-3-5-12(15)18/h3-6,8,10,13H,7H2,1-2H3,(H,19,21)/t10-,13-/m1/s1. The van der Waals surface area contributed by atoms with E-state index in [0.29, 0.717) is 17.0 Å². The number of nitrogens with zero attached hydrogens (tertiary/aromatic N) is 1. The van der Waals surface area contributed by atoms with Crippen LogP contribution in [0.25, 0.3) is 0 Å². The first-order valence-electron chi connectivity index (χ1n) is 7.47. The molecule has 1 N–H and O–H groups in total. The lowest BCUT2D eigenvalue weighted by Crippen LogP contribution is -2.26. The van der Waals surface area contributed by atoms with Gasteiger partial charge >= 0.3 is 0 Å². The van der Waals surface area contributed by atoms with Crippen LogP contribution in [0.3, 0.4) is 0 Å². The van der Waals surface area contributed by atoms with Crippen LogP contribution in [0.15, 0.2) is 40.0 Å². The van der Waals surface area contributed by atoms with E-state index in [1.165, 1.54) is 26.2 Å². The summed E-state index contributed by atoms with van der Waals surface area (Å²) in [6, 6.07) is 5.36. The van der Waals surface area contributed by atoms with E-state index in [2.05, 4.69) is 5.32 Å². The molecule has 2 aromatic rings. The molecule has 3 rings (SSSR count). The molecular weight excluding hydrogens is 371 g/mol. The van der Waals surface area contributed by atoms with Gasteiger partial charge < -0.3 is 9.73 Å². The SMILES string of the molecule is CN(C)S(=O)(=O)c1cc(C(=O)N[C@@H]2C[C@H]2c2c(F)cccc2Cl)co1. The summed E-state index contributed by atoms with van der Waals surface area (Å²) in [5.74, 6) is -1.09. The number of nitrogens with one attached hydrogen (secondary N) is 1. The van der Waals surface area contributed by atoms with E-state index in [-0.39, 0.29) is 22.6 Å². The van der Waals surface area contributed by atoms with Crippen molar-refractivity contribution in [3.63, 3.8) is 0 Å². The third-order valence-corrected chi connectivity index (χ3v) is 6.06. The lowest BCUT2D eigenvalue weighted by atomic mass is 10.1. The van der Waals surface area contributed by atoms with Crippen LogP contribution in [0.4, 0.5) is 4.39 Å². The number of benzene rings is 1. The summed E-state index contributed by atoms with van der Waals surface area (Å²) in [6.45, 7) is 0. The third kappa shape index (κ3) is 3.42. The molecule has 1 saturated carbocycles. The average Bonchev–Trinajstić information content (AvgIpc) is 3.09. The Hall–Kier alpha value is -1.90. The summed E-state index contributed by atoms with van der Waals surface area (Å²) >= 11 is 6.03. The van der Waals surface area contributed by atoms with Crippen LogP contribution in [-0.2, 0) is 10.0 Å². The number of rotatable bonds is 5. The smallest absolute Gasteiger partial charge is 0.275 e. The highest BCUT2D eigenvalue weighted by Crippen LogP contribution is 2.45. The summed E-state index contributed by atoms with van der Waals surface area (Å²) in [5.41, 5.74) is 0.475. The highest BCUT2D eigenvalue weighted by Gasteiger charge is 2.42. The average molecular weight is 387 g/mol. The van der Waals surface area contributed by atoms with Gasteiger partial charge in [-0.2, -0.15) is 0 Å². The zero-order valence-electron chi connectivity index (χ0n) is 13.5. The molecule has 0 aliphatic heterocycles. The molecule has 1 amide bonds. The first-order valence-corrected chi connectivity index (χ1v) is 9.29. The normalized spacial score (nSPS) is 19.9. The highest BCUT2D eigenvalue weighted by atomic mass is 35.5. The van der Waals surface area contributed by atoms with Crippen molar-refractivity contribution in [2.75, 3.05) is 14.1 Å². The molecule has 0 spiro atoms. The Bertz CT molecular complexity index is 906. The second-order valence-electron chi connectivity index (χ2n) is 6.00. The van der Waals surface area contributed by atoms with Gasteiger partial charge in [-0.25, -0.2) is 17.1 Å². The molecule has 2 atom stereocenters. The molecule has 0 radical (unpaired) electrons. The van der Waals surface area contributed by atoms with Crippen LogP contribution >= 0.6 is 11.6 Å². The number of carbonyl (C=O) groups excluding carboxylic acids is 1. The Balaban J connectivity index is 1.70.